The zero-order valence-electron chi connectivity index (χ0n) is 29.0. The molecule has 0 radical (unpaired) electrons. The molecule has 0 aromatic rings. The molecule has 8 heteroatoms. The molecule has 0 aliphatic heterocycles. The lowest BCUT2D eigenvalue weighted by atomic mass is 10.0. The van der Waals surface area contributed by atoms with Crippen molar-refractivity contribution in [2.45, 2.75) is 182 Å². The lowest BCUT2D eigenvalue weighted by Gasteiger charge is -2.14. The van der Waals surface area contributed by atoms with E-state index in [1.54, 1.807) is 0 Å². The summed E-state index contributed by atoms with van der Waals surface area (Å²) in [5.41, 5.74) is 0. The van der Waals surface area contributed by atoms with Crippen LogP contribution in [-0.4, -0.2) is 48.8 Å². The molecular formula is C36H68O8. The number of esters is 3. The van der Waals surface area contributed by atoms with Crippen molar-refractivity contribution in [3.63, 3.8) is 0 Å². The standard InChI is InChI=1S/C22H42O4.C14H26O4/c1-3-5-7-9-11-15-19-25-21(23)17-13-14-18-22(24)26-20-16-12-10-8-6-4-2;1-3-5-8-12(4-2)11-18-14(17)10-7-6-9-13(15)16/h3-20H2,1-2H3;12H,3-11H2,1-2H3,(H,15,16). The van der Waals surface area contributed by atoms with Crippen LogP contribution in [0, 0.1) is 5.92 Å². The number of aliphatic carboxylic acids is 1. The lowest BCUT2D eigenvalue weighted by molar-refractivity contribution is -0.146. The average Bonchev–Trinajstić information content (AvgIpc) is 3.01. The van der Waals surface area contributed by atoms with Gasteiger partial charge in [0.2, 0.25) is 0 Å². The molecule has 44 heavy (non-hydrogen) atoms. The minimum absolute atomic E-state index is 0.126. The van der Waals surface area contributed by atoms with Gasteiger partial charge in [-0.2, -0.15) is 0 Å². The zero-order valence-corrected chi connectivity index (χ0v) is 29.0. The Morgan fingerprint density at radius 3 is 1.27 bits per heavy atom. The van der Waals surface area contributed by atoms with Crippen LogP contribution >= 0.6 is 0 Å². The smallest absolute Gasteiger partial charge is 0.305 e. The van der Waals surface area contributed by atoms with E-state index < -0.39 is 5.97 Å². The number of carboxylic acids is 1. The van der Waals surface area contributed by atoms with E-state index in [1.165, 1.54) is 64.2 Å². The van der Waals surface area contributed by atoms with Crippen molar-refractivity contribution in [2.75, 3.05) is 19.8 Å². The minimum atomic E-state index is -0.811. The summed E-state index contributed by atoms with van der Waals surface area (Å²) in [7, 11) is 0. The Balaban J connectivity index is 0. The number of hydrogen-bond acceptors (Lipinski definition) is 7. The van der Waals surface area contributed by atoms with Crippen LogP contribution in [0.5, 0.6) is 0 Å². The molecule has 1 unspecified atom stereocenters. The van der Waals surface area contributed by atoms with E-state index in [1.807, 2.05) is 0 Å². The predicted octanol–water partition coefficient (Wildman–Crippen LogP) is 9.75. The Hall–Kier alpha value is -2.12. The van der Waals surface area contributed by atoms with Crippen LogP contribution in [0.15, 0.2) is 0 Å². The Morgan fingerprint density at radius 2 is 0.864 bits per heavy atom. The highest BCUT2D eigenvalue weighted by atomic mass is 16.5. The van der Waals surface area contributed by atoms with Crippen LogP contribution in [0.1, 0.15) is 182 Å². The van der Waals surface area contributed by atoms with Gasteiger partial charge in [-0.25, -0.2) is 0 Å². The highest BCUT2D eigenvalue weighted by Gasteiger charge is 2.10. The number of hydrogen-bond donors (Lipinski definition) is 1. The van der Waals surface area contributed by atoms with Gasteiger partial charge in [0.1, 0.15) is 0 Å². The molecular weight excluding hydrogens is 560 g/mol. The van der Waals surface area contributed by atoms with Gasteiger partial charge >= 0.3 is 23.9 Å². The van der Waals surface area contributed by atoms with E-state index in [0.29, 0.717) is 70.7 Å². The molecule has 0 rings (SSSR count). The van der Waals surface area contributed by atoms with Crippen molar-refractivity contribution in [3.05, 3.63) is 0 Å². The Morgan fingerprint density at radius 1 is 0.477 bits per heavy atom. The number of unbranched alkanes of at least 4 members (excludes halogenated alkanes) is 13. The maximum Gasteiger partial charge on any atom is 0.305 e. The molecule has 0 aliphatic carbocycles. The summed E-state index contributed by atoms with van der Waals surface area (Å²) >= 11 is 0. The third-order valence-corrected chi connectivity index (χ3v) is 7.58. The van der Waals surface area contributed by atoms with Gasteiger partial charge in [0, 0.05) is 25.7 Å². The first-order chi connectivity index (χ1) is 21.3. The highest BCUT2D eigenvalue weighted by molar-refractivity contribution is 5.70. The average molecular weight is 629 g/mol. The fraction of sp³-hybridized carbons (Fsp3) is 0.889. The van der Waals surface area contributed by atoms with Gasteiger partial charge < -0.3 is 19.3 Å². The molecule has 0 bridgehead atoms. The normalized spacial score (nSPS) is 11.3. The maximum atomic E-state index is 11.6. The minimum Gasteiger partial charge on any atom is -0.481 e. The van der Waals surface area contributed by atoms with E-state index in [4.69, 9.17) is 19.3 Å². The van der Waals surface area contributed by atoms with Gasteiger partial charge in [-0.15, -0.1) is 0 Å². The second-order valence-corrected chi connectivity index (χ2v) is 11.9. The molecule has 8 nitrogen and oxygen atoms in total. The summed E-state index contributed by atoms with van der Waals surface area (Å²) in [6, 6.07) is 0. The summed E-state index contributed by atoms with van der Waals surface area (Å²) < 4.78 is 15.7. The molecule has 0 aromatic heterocycles. The van der Waals surface area contributed by atoms with Crippen molar-refractivity contribution < 1.29 is 38.5 Å². The SMILES string of the molecule is CCCCC(CC)COC(=O)CCCCC(=O)O.CCCCCCCCOC(=O)CCCCC(=O)OCCCCCCCC. The van der Waals surface area contributed by atoms with Gasteiger partial charge in [0.25, 0.3) is 0 Å². The van der Waals surface area contributed by atoms with E-state index in [0.717, 1.165) is 38.5 Å². The van der Waals surface area contributed by atoms with Crippen LogP contribution in [0.3, 0.4) is 0 Å². The quantitative estimate of drug-likeness (QED) is 0.0475. The Bertz CT molecular complexity index is 647. The van der Waals surface area contributed by atoms with Crippen LogP contribution in [-0.2, 0) is 33.4 Å². The monoisotopic (exact) mass is 628 g/mol. The Labute approximate surface area is 269 Å². The molecule has 1 atom stereocenters. The van der Waals surface area contributed by atoms with Crippen LogP contribution in [0.4, 0.5) is 0 Å². The number of rotatable bonds is 30. The van der Waals surface area contributed by atoms with E-state index >= 15 is 0 Å². The van der Waals surface area contributed by atoms with Crippen molar-refractivity contribution in [1.82, 2.24) is 0 Å². The van der Waals surface area contributed by atoms with Gasteiger partial charge in [0.15, 0.2) is 0 Å². The van der Waals surface area contributed by atoms with Crippen molar-refractivity contribution in [1.29, 1.82) is 0 Å². The Kier molecular flexibility index (Phi) is 35.4. The van der Waals surface area contributed by atoms with Gasteiger partial charge in [-0.3, -0.25) is 19.2 Å². The number of carbonyl (C=O) groups excluding carboxylic acids is 3. The number of carboxylic acid groups (broad SMARTS) is 1. The van der Waals surface area contributed by atoms with E-state index in [2.05, 4.69) is 27.7 Å². The lowest BCUT2D eigenvalue weighted by Crippen LogP contribution is -2.13. The third kappa shape index (κ3) is 36.1. The van der Waals surface area contributed by atoms with Gasteiger partial charge in [0.05, 0.1) is 19.8 Å². The maximum absolute atomic E-state index is 11.6. The first-order valence-corrected chi connectivity index (χ1v) is 18.0. The van der Waals surface area contributed by atoms with Gasteiger partial charge in [-0.1, -0.05) is 111 Å². The summed E-state index contributed by atoms with van der Waals surface area (Å²) in [6.45, 7) is 10.3. The molecule has 1 N–H and O–H groups in total. The molecule has 0 amide bonds. The molecule has 0 aromatic carbocycles. The van der Waals surface area contributed by atoms with Crippen molar-refractivity contribution in [2.24, 2.45) is 5.92 Å². The second-order valence-electron chi connectivity index (χ2n) is 11.9. The second kappa shape index (κ2) is 35.4. The van der Waals surface area contributed by atoms with Crippen LogP contribution < -0.4 is 0 Å². The third-order valence-electron chi connectivity index (χ3n) is 7.58. The molecule has 0 aliphatic rings. The van der Waals surface area contributed by atoms with Crippen molar-refractivity contribution >= 4 is 23.9 Å². The van der Waals surface area contributed by atoms with Gasteiger partial charge in [-0.05, 0) is 50.9 Å². The zero-order chi connectivity index (χ0) is 33.1. The van der Waals surface area contributed by atoms with E-state index in [9.17, 15) is 19.2 Å². The number of ether oxygens (including phenoxy) is 3. The van der Waals surface area contributed by atoms with E-state index in [-0.39, 0.29) is 24.3 Å². The van der Waals surface area contributed by atoms with Crippen LogP contribution in [0.2, 0.25) is 0 Å². The first kappa shape index (κ1) is 44.0. The predicted molar refractivity (Wildman–Crippen MR) is 178 cm³/mol. The number of carbonyl (C=O) groups is 4. The molecule has 0 saturated heterocycles. The molecule has 0 heterocycles. The van der Waals surface area contributed by atoms with Crippen molar-refractivity contribution in [3.8, 4) is 0 Å². The molecule has 0 fully saturated rings. The fourth-order valence-electron chi connectivity index (χ4n) is 4.55. The topological polar surface area (TPSA) is 116 Å². The fourth-order valence-corrected chi connectivity index (χ4v) is 4.55. The van der Waals surface area contributed by atoms with Crippen LogP contribution in [0.25, 0.3) is 0 Å². The highest BCUT2D eigenvalue weighted by Crippen LogP contribution is 2.14. The molecule has 0 spiro atoms. The first-order valence-electron chi connectivity index (χ1n) is 18.0. The summed E-state index contributed by atoms with van der Waals surface area (Å²) in [5, 5.41) is 8.45. The largest absolute Gasteiger partial charge is 0.481 e. The summed E-state index contributed by atoms with van der Waals surface area (Å²) in [4.78, 5) is 44.9. The molecule has 0 saturated carbocycles. The summed E-state index contributed by atoms with van der Waals surface area (Å²) in [5.74, 6) is -0.824. The molecule has 260 valence electrons. The summed E-state index contributed by atoms with van der Waals surface area (Å²) in [6.07, 6.45) is 22.6.